The van der Waals surface area contributed by atoms with Gasteiger partial charge in [-0.2, -0.15) is 0 Å². The maximum absolute atomic E-state index is 13.7. The summed E-state index contributed by atoms with van der Waals surface area (Å²) in [5.74, 6) is -1.88. The van der Waals surface area contributed by atoms with E-state index in [1.54, 1.807) is 43.3 Å². The Kier molecular flexibility index (Phi) is 5.92. The van der Waals surface area contributed by atoms with Gasteiger partial charge in [0, 0.05) is 17.5 Å². The van der Waals surface area contributed by atoms with E-state index in [0.717, 1.165) is 0 Å². The largest absolute Gasteiger partial charge is 0.469 e. The highest BCUT2D eigenvalue weighted by atomic mass is 19.1. The molecule has 0 fully saturated rings. The van der Waals surface area contributed by atoms with Crippen molar-refractivity contribution in [2.75, 3.05) is 29.2 Å². The number of methoxy groups -OCH3 is 1. The van der Waals surface area contributed by atoms with Crippen molar-refractivity contribution in [2.24, 2.45) is 0 Å². The Morgan fingerprint density at radius 3 is 2.69 bits per heavy atom. The number of nitrogens with one attached hydrogen (secondary N) is 2. The number of carbonyl (C=O) groups is 3. The monoisotopic (exact) mass is 397 g/mol. The molecule has 2 N–H and O–H groups in total. The number of hydrogen-bond acceptors (Lipinski definition) is 5. The predicted octanol–water partition coefficient (Wildman–Crippen LogP) is 2.98. The van der Waals surface area contributed by atoms with Gasteiger partial charge in [0.05, 0.1) is 24.9 Å². The molecule has 0 saturated carbocycles. The van der Waals surface area contributed by atoms with Crippen molar-refractivity contribution in [3.8, 4) is 0 Å². The van der Waals surface area contributed by atoms with Crippen molar-refractivity contribution in [2.45, 2.75) is 13.3 Å². The highest BCUT2D eigenvalue weighted by Crippen LogP contribution is 2.30. The summed E-state index contributed by atoms with van der Waals surface area (Å²) >= 11 is 0. The summed E-state index contributed by atoms with van der Waals surface area (Å²) in [5.41, 5.74) is 2.18. The molecular formula is C21H20FN3O4. The topological polar surface area (TPSA) is 87.7 Å². The summed E-state index contributed by atoms with van der Waals surface area (Å²) in [4.78, 5) is 38.2. The van der Waals surface area contributed by atoms with Crippen molar-refractivity contribution in [1.29, 1.82) is 0 Å². The molecule has 0 aliphatic carbocycles. The molecule has 29 heavy (non-hydrogen) atoms. The number of fused-ring (bicyclic) bond motifs is 1. The number of esters is 1. The molecule has 0 unspecified atom stereocenters. The second-order valence-corrected chi connectivity index (χ2v) is 6.50. The summed E-state index contributed by atoms with van der Waals surface area (Å²) < 4.78 is 18.4. The van der Waals surface area contributed by atoms with Gasteiger partial charge >= 0.3 is 5.97 Å². The first-order valence-electron chi connectivity index (χ1n) is 8.88. The van der Waals surface area contributed by atoms with Gasteiger partial charge in [0.25, 0.3) is 5.91 Å². The molecule has 0 bridgehead atoms. The Morgan fingerprint density at radius 1 is 1.21 bits per heavy atom. The van der Waals surface area contributed by atoms with Crippen LogP contribution in [0.5, 0.6) is 0 Å². The fourth-order valence-corrected chi connectivity index (χ4v) is 2.87. The van der Waals surface area contributed by atoms with Gasteiger partial charge in [-0.05, 0) is 36.8 Å². The molecule has 8 heteroatoms. The molecule has 150 valence electrons. The van der Waals surface area contributed by atoms with Crippen molar-refractivity contribution >= 4 is 34.8 Å². The van der Waals surface area contributed by atoms with Crippen molar-refractivity contribution in [3.05, 3.63) is 65.6 Å². The third-order valence-electron chi connectivity index (χ3n) is 4.37. The Morgan fingerprint density at radius 2 is 1.97 bits per heavy atom. The normalized spacial score (nSPS) is 13.0. The van der Waals surface area contributed by atoms with Crippen LogP contribution in [0.1, 0.15) is 12.0 Å². The van der Waals surface area contributed by atoms with E-state index < -0.39 is 23.6 Å². The SMILES string of the molecule is COC(=O)CC1=CC(=O)N(CC(=O)Nc2ccc(C)c(F)c2)c2ccccc2N1. The molecule has 2 aromatic carbocycles. The molecule has 2 aromatic rings. The molecule has 0 radical (unpaired) electrons. The minimum atomic E-state index is -0.498. The van der Waals surface area contributed by atoms with E-state index in [0.29, 0.717) is 28.3 Å². The first-order valence-corrected chi connectivity index (χ1v) is 8.88. The third kappa shape index (κ3) is 4.78. The summed E-state index contributed by atoms with van der Waals surface area (Å²) in [6, 6.07) is 11.3. The number of hydrogen-bond donors (Lipinski definition) is 2. The van der Waals surface area contributed by atoms with Crippen LogP contribution in [0.25, 0.3) is 0 Å². The lowest BCUT2D eigenvalue weighted by molar-refractivity contribution is -0.139. The molecule has 1 heterocycles. The average molecular weight is 397 g/mol. The highest BCUT2D eigenvalue weighted by Gasteiger charge is 2.25. The van der Waals surface area contributed by atoms with Crippen LogP contribution < -0.4 is 15.5 Å². The number of halogens is 1. The fraction of sp³-hybridized carbons (Fsp3) is 0.190. The number of para-hydroxylation sites is 2. The molecule has 3 rings (SSSR count). The van der Waals surface area contributed by atoms with Crippen LogP contribution in [0.15, 0.2) is 54.2 Å². The van der Waals surface area contributed by atoms with Crippen LogP contribution in [0.4, 0.5) is 21.5 Å². The minimum Gasteiger partial charge on any atom is -0.469 e. The number of nitrogens with zero attached hydrogens (tertiary/aromatic N) is 1. The van der Waals surface area contributed by atoms with Crippen molar-refractivity contribution < 1.29 is 23.5 Å². The maximum atomic E-state index is 13.7. The predicted molar refractivity (Wildman–Crippen MR) is 107 cm³/mol. The molecule has 1 aliphatic rings. The fourth-order valence-electron chi connectivity index (χ4n) is 2.87. The smallest absolute Gasteiger partial charge is 0.311 e. The first-order chi connectivity index (χ1) is 13.9. The van der Waals surface area contributed by atoms with Gasteiger partial charge in [0.2, 0.25) is 5.91 Å². The highest BCUT2D eigenvalue weighted by molar-refractivity contribution is 6.10. The second-order valence-electron chi connectivity index (χ2n) is 6.50. The Labute approximate surface area is 167 Å². The Hall–Kier alpha value is -3.68. The van der Waals surface area contributed by atoms with E-state index >= 15 is 0 Å². The Balaban J connectivity index is 1.83. The molecule has 0 atom stereocenters. The number of ether oxygens (including phenoxy) is 1. The lowest BCUT2D eigenvalue weighted by Crippen LogP contribution is -2.37. The molecule has 0 spiro atoms. The number of amides is 2. The number of aryl methyl sites for hydroxylation is 1. The van der Waals surface area contributed by atoms with Crippen LogP contribution in [0, 0.1) is 12.7 Å². The number of rotatable bonds is 5. The van der Waals surface area contributed by atoms with Gasteiger partial charge < -0.3 is 15.4 Å². The lowest BCUT2D eigenvalue weighted by Gasteiger charge is -2.21. The summed E-state index contributed by atoms with van der Waals surface area (Å²) in [5, 5.41) is 5.63. The minimum absolute atomic E-state index is 0.112. The average Bonchev–Trinajstić information content (AvgIpc) is 2.81. The molecule has 7 nitrogen and oxygen atoms in total. The number of carbonyl (C=O) groups excluding carboxylic acids is 3. The van der Waals surface area contributed by atoms with E-state index in [9.17, 15) is 18.8 Å². The molecular weight excluding hydrogens is 377 g/mol. The lowest BCUT2D eigenvalue weighted by atomic mass is 10.2. The van der Waals surface area contributed by atoms with Crippen molar-refractivity contribution in [3.63, 3.8) is 0 Å². The summed E-state index contributed by atoms with van der Waals surface area (Å²) in [7, 11) is 1.26. The Bertz CT molecular complexity index is 1000. The standard InChI is InChI=1S/C21H20FN3O4/c1-13-7-8-14(9-16(13)22)24-19(26)12-25-18-6-4-3-5-17(18)23-15(10-20(25)27)11-21(28)29-2/h3-10,23H,11-12H2,1-2H3,(H,24,26). The number of benzene rings is 2. The van der Waals surface area contributed by atoms with E-state index in [4.69, 9.17) is 0 Å². The quantitative estimate of drug-likeness (QED) is 0.758. The maximum Gasteiger partial charge on any atom is 0.311 e. The van der Waals surface area contributed by atoms with Gasteiger partial charge in [-0.3, -0.25) is 19.3 Å². The van der Waals surface area contributed by atoms with Gasteiger partial charge in [-0.25, -0.2) is 4.39 Å². The third-order valence-corrected chi connectivity index (χ3v) is 4.37. The molecule has 1 aliphatic heterocycles. The van der Waals surface area contributed by atoms with Gasteiger partial charge in [0.1, 0.15) is 12.4 Å². The zero-order chi connectivity index (χ0) is 21.0. The summed E-state index contributed by atoms with van der Waals surface area (Å²) in [6.45, 7) is 1.34. The molecule has 0 saturated heterocycles. The van der Waals surface area contributed by atoms with E-state index in [-0.39, 0.29) is 13.0 Å². The number of anilines is 3. The summed E-state index contributed by atoms with van der Waals surface area (Å²) in [6.07, 6.45) is 1.15. The van der Waals surface area contributed by atoms with E-state index in [1.165, 1.54) is 24.2 Å². The van der Waals surface area contributed by atoms with Gasteiger partial charge in [0.15, 0.2) is 0 Å². The van der Waals surface area contributed by atoms with Crippen LogP contribution in [0.3, 0.4) is 0 Å². The van der Waals surface area contributed by atoms with E-state index in [2.05, 4.69) is 15.4 Å². The van der Waals surface area contributed by atoms with Gasteiger partial charge in [-0.15, -0.1) is 0 Å². The first kappa shape index (κ1) is 20.1. The van der Waals surface area contributed by atoms with E-state index in [1.807, 2.05) is 0 Å². The second kappa shape index (κ2) is 8.55. The zero-order valence-electron chi connectivity index (χ0n) is 16.0. The van der Waals surface area contributed by atoms with Crippen LogP contribution >= 0.6 is 0 Å². The zero-order valence-corrected chi connectivity index (χ0v) is 16.0. The molecule has 2 amide bonds. The van der Waals surface area contributed by atoms with Crippen LogP contribution in [0.2, 0.25) is 0 Å². The van der Waals surface area contributed by atoms with Crippen LogP contribution in [-0.2, 0) is 19.1 Å². The van der Waals surface area contributed by atoms with Crippen LogP contribution in [-0.4, -0.2) is 31.4 Å². The molecule has 0 aromatic heterocycles. The van der Waals surface area contributed by atoms with Crippen molar-refractivity contribution in [1.82, 2.24) is 0 Å². The van der Waals surface area contributed by atoms with Gasteiger partial charge in [-0.1, -0.05) is 18.2 Å².